The Morgan fingerprint density at radius 1 is 0.700 bits per heavy atom. The molecular weight excluding hydrogens is 366 g/mol. The first-order valence-corrected chi connectivity index (χ1v) is 11.4. The van der Waals surface area contributed by atoms with Gasteiger partial charge in [0, 0.05) is 13.0 Å². The largest absolute Gasteiger partial charge is 0.265 e. The zero-order chi connectivity index (χ0) is 20.0. The van der Waals surface area contributed by atoms with E-state index in [1.807, 2.05) is 0 Å². The molecule has 1 aliphatic heterocycles. The van der Waals surface area contributed by atoms with Crippen molar-refractivity contribution in [3.63, 3.8) is 0 Å². The van der Waals surface area contributed by atoms with E-state index in [2.05, 4.69) is 88.3 Å². The third kappa shape index (κ3) is 2.76. The van der Waals surface area contributed by atoms with Gasteiger partial charge >= 0.3 is 0 Å². The molecule has 0 unspecified atom stereocenters. The Bertz CT molecular complexity index is 1050. The van der Waals surface area contributed by atoms with Gasteiger partial charge in [-0.1, -0.05) is 73.9 Å². The Labute approximate surface area is 179 Å². The van der Waals surface area contributed by atoms with Crippen molar-refractivity contribution in [3.8, 4) is 11.1 Å². The predicted octanol–water partition coefficient (Wildman–Crippen LogP) is 6.10. The molecule has 1 N–H and O–H groups in total. The summed E-state index contributed by atoms with van der Waals surface area (Å²) in [5.74, 6) is 0. The highest BCUT2D eigenvalue weighted by molar-refractivity contribution is 5.83. The first-order chi connectivity index (χ1) is 14.9. The van der Waals surface area contributed by atoms with Crippen molar-refractivity contribution in [1.82, 2.24) is 5.43 Å². The third-order valence-corrected chi connectivity index (χ3v) is 7.34. The van der Waals surface area contributed by atoms with Gasteiger partial charge in [-0.05, 0) is 59.7 Å². The number of hydrazine groups is 2. The molecule has 0 amide bonds. The number of anilines is 2. The molecule has 3 nitrogen and oxygen atoms in total. The van der Waals surface area contributed by atoms with Crippen molar-refractivity contribution in [3.05, 3.63) is 83.9 Å². The quantitative estimate of drug-likeness (QED) is 0.443. The van der Waals surface area contributed by atoms with E-state index in [4.69, 9.17) is 0 Å². The van der Waals surface area contributed by atoms with Crippen LogP contribution in [0.2, 0.25) is 0 Å². The Morgan fingerprint density at radius 2 is 1.47 bits per heavy atom. The Kier molecular flexibility index (Phi) is 4.31. The zero-order valence-electron chi connectivity index (χ0n) is 17.5. The molecule has 2 fully saturated rings. The average Bonchev–Trinajstić information content (AvgIpc) is 3.19. The summed E-state index contributed by atoms with van der Waals surface area (Å²) in [7, 11) is 0. The van der Waals surface area contributed by atoms with E-state index in [0.29, 0.717) is 0 Å². The molecule has 6 rings (SSSR count). The number of rotatable bonds is 2. The van der Waals surface area contributed by atoms with Crippen LogP contribution in [0.5, 0.6) is 0 Å². The van der Waals surface area contributed by atoms with Gasteiger partial charge in [-0.3, -0.25) is 5.01 Å². The highest BCUT2D eigenvalue weighted by Crippen LogP contribution is 2.48. The maximum atomic E-state index is 3.73. The van der Waals surface area contributed by atoms with Crippen LogP contribution in [0.25, 0.3) is 11.1 Å². The number of fused-ring (bicyclic) bond motifs is 3. The SMILES string of the molecule is c1ccc(N2NCCC3(CCCCC3)N2c2cccc3c2Cc2ccccc2-3)cc1. The Morgan fingerprint density at radius 3 is 2.33 bits per heavy atom. The fourth-order valence-electron chi connectivity index (χ4n) is 5.93. The number of nitrogens with zero attached hydrogens (tertiary/aromatic N) is 2. The molecule has 0 atom stereocenters. The topological polar surface area (TPSA) is 18.5 Å². The molecule has 1 heterocycles. The van der Waals surface area contributed by atoms with Crippen molar-refractivity contribution < 1.29 is 0 Å². The van der Waals surface area contributed by atoms with Gasteiger partial charge in [0.1, 0.15) is 0 Å². The minimum atomic E-state index is 0.198. The van der Waals surface area contributed by atoms with E-state index in [1.54, 1.807) is 0 Å². The second-order valence-corrected chi connectivity index (χ2v) is 9.04. The maximum absolute atomic E-state index is 3.73. The molecule has 3 aromatic rings. The maximum Gasteiger partial charge on any atom is 0.0759 e. The van der Waals surface area contributed by atoms with E-state index in [9.17, 15) is 0 Å². The molecule has 3 aliphatic rings. The van der Waals surface area contributed by atoms with Crippen LogP contribution in [0.3, 0.4) is 0 Å². The molecule has 152 valence electrons. The van der Waals surface area contributed by atoms with Gasteiger partial charge in [0.15, 0.2) is 0 Å². The van der Waals surface area contributed by atoms with E-state index in [0.717, 1.165) is 13.0 Å². The molecular formula is C27H29N3. The van der Waals surface area contributed by atoms with Crippen LogP contribution in [0.1, 0.15) is 49.7 Å². The molecule has 1 spiro atoms. The van der Waals surface area contributed by atoms with Crippen molar-refractivity contribution in [2.45, 2.75) is 50.5 Å². The molecule has 30 heavy (non-hydrogen) atoms. The van der Waals surface area contributed by atoms with Gasteiger partial charge in [0.2, 0.25) is 0 Å². The smallest absolute Gasteiger partial charge is 0.0759 e. The first kappa shape index (κ1) is 18.0. The van der Waals surface area contributed by atoms with Gasteiger partial charge in [-0.15, -0.1) is 0 Å². The minimum Gasteiger partial charge on any atom is -0.265 e. The molecule has 0 aromatic heterocycles. The van der Waals surface area contributed by atoms with E-state index in [1.165, 1.54) is 72.2 Å². The van der Waals surface area contributed by atoms with Crippen LogP contribution in [-0.4, -0.2) is 12.1 Å². The highest BCUT2D eigenvalue weighted by Gasteiger charge is 2.45. The molecule has 1 saturated heterocycles. The second kappa shape index (κ2) is 7.17. The van der Waals surface area contributed by atoms with Crippen LogP contribution in [-0.2, 0) is 6.42 Å². The van der Waals surface area contributed by atoms with Crippen LogP contribution < -0.4 is 15.6 Å². The lowest BCUT2D eigenvalue weighted by Crippen LogP contribution is -2.68. The summed E-state index contributed by atoms with van der Waals surface area (Å²) in [4.78, 5) is 0. The fraction of sp³-hybridized carbons (Fsp3) is 0.333. The van der Waals surface area contributed by atoms with Gasteiger partial charge in [-0.25, -0.2) is 10.5 Å². The van der Waals surface area contributed by atoms with Gasteiger partial charge < -0.3 is 0 Å². The van der Waals surface area contributed by atoms with Gasteiger partial charge in [0.25, 0.3) is 0 Å². The van der Waals surface area contributed by atoms with Crippen LogP contribution >= 0.6 is 0 Å². The highest BCUT2D eigenvalue weighted by atomic mass is 15.8. The summed E-state index contributed by atoms with van der Waals surface area (Å²) in [5.41, 5.74) is 12.3. The van der Waals surface area contributed by atoms with Crippen LogP contribution in [0.4, 0.5) is 11.4 Å². The second-order valence-electron chi connectivity index (χ2n) is 9.04. The number of para-hydroxylation sites is 1. The summed E-state index contributed by atoms with van der Waals surface area (Å²) >= 11 is 0. The Balaban J connectivity index is 1.52. The van der Waals surface area contributed by atoms with E-state index >= 15 is 0 Å². The fourth-order valence-corrected chi connectivity index (χ4v) is 5.93. The normalized spacial score (nSPS) is 19.6. The summed E-state index contributed by atoms with van der Waals surface area (Å²) in [6.07, 6.45) is 8.79. The standard InChI is InChI=1S/C27H29N3/c1-3-11-22(12-4-1)30-28-19-18-27(16-7-2-8-17-27)29(30)26-15-9-14-24-23-13-6-5-10-21(23)20-25(24)26/h1,3-6,9-15,28H,2,7-8,16-20H2. The van der Waals surface area contributed by atoms with E-state index < -0.39 is 0 Å². The summed E-state index contributed by atoms with van der Waals surface area (Å²) in [6, 6.07) is 26.7. The molecule has 1 saturated carbocycles. The summed E-state index contributed by atoms with van der Waals surface area (Å²) in [6.45, 7) is 1.03. The molecule has 0 radical (unpaired) electrons. The van der Waals surface area contributed by atoms with Crippen molar-refractivity contribution >= 4 is 11.4 Å². The number of benzene rings is 3. The number of hydrogen-bond donors (Lipinski definition) is 1. The number of hydrogen-bond acceptors (Lipinski definition) is 3. The average molecular weight is 396 g/mol. The van der Waals surface area contributed by atoms with Gasteiger partial charge in [-0.2, -0.15) is 0 Å². The minimum absolute atomic E-state index is 0.198. The third-order valence-electron chi connectivity index (χ3n) is 7.34. The zero-order valence-corrected chi connectivity index (χ0v) is 17.5. The van der Waals surface area contributed by atoms with Gasteiger partial charge in [0.05, 0.1) is 16.9 Å². The summed E-state index contributed by atoms with van der Waals surface area (Å²) < 4.78 is 0. The number of nitrogens with one attached hydrogen (secondary N) is 1. The molecule has 3 heteroatoms. The molecule has 0 bridgehead atoms. The monoisotopic (exact) mass is 395 g/mol. The lowest BCUT2D eigenvalue weighted by atomic mass is 9.77. The van der Waals surface area contributed by atoms with Crippen molar-refractivity contribution in [1.29, 1.82) is 0 Å². The van der Waals surface area contributed by atoms with Crippen molar-refractivity contribution in [2.75, 3.05) is 16.7 Å². The first-order valence-electron chi connectivity index (χ1n) is 11.4. The molecule has 3 aromatic carbocycles. The van der Waals surface area contributed by atoms with Crippen LogP contribution in [0.15, 0.2) is 72.8 Å². The lowest BCUT2D eigenvalue weighted by molar-refractivity contribution is 0.213. The Hall–Kier alpha value is -2.78. The predicted molar refractivity (Wildman–Crippen MR) is 125 cm³/mol. The van der Waals surface area contributed by atoms with Crippen molar-refractivity contribution in [2.24, 2.45) is 0 Å². The van der Waals surface area contributed by atoms with Crippen LogP contribution in [0, 0.1) is 0 Å². The lowest BCUT2D eigenvalue weighted by Gasteiger charge is -2.56. The summed E-state index contributed by atoms with van der Waals surface area (Å²) in [5, 5.41) is 5.00. The molecule has 2 aliphatic carbocycles. The van der Waals surface area contributed by atoms with E-state index in [-0.39, 0.29) is 5.54 Å².